The van der Waals surface area contributed by atoms with Gasteiger partial charge in [0.05, 0.1) is 41.9 Å². The maximum Gasteiger partial charge on any atom is 0.160 e. The molecule has 1 aromatic rings. The van der Waals surface area contributed by atoms with Crippen molar-refractivity contribution < 1.29 is 14.0 Å². The van der Waals surface area contributed by atoms with Crippen molar-refractivity contribution in [2.75, 3.05) is 41.9 Å². The Balaban J connectivity index is 0.00000256. The zero-order valence-electron chi connectivity index (χ0n) is 11.3. The lowest BCUT2D eigenvalue weighted by Gasteiger charge is -2.23. The van der Waals surface area contributed by atoms with E-state index >= 15 is 0 Å². The lowest BCUT2D eigenvalue weighted by atomic mass is 10.1. The van der Waals surface area contributed by atoms with Gasteiger partial charge in [-0.05, 0) is 17.7 Å². The zero-order valence-corrected chi connectivity index (χ0v) is 12.1. The highest BCUT2D eigenvalue weighted by Gasteiger charge is 2.09. The van der Waals surface area contributed by atoms with E-state index in [0.717, 1.165) is 28.9 Å². The van der Waals surface area contributed by atoms with Gasteiger partial charge in [-0.1, -0.05) is 6.07 Å². The highest BCUT2D eigenvalue weighted by Crippen LogP contribution is 2.27. The normalized spacial score (nSPS) is 10.6. The number of likely N-dealkylation sites (N-methyl/N-ethyl adjacent to an activating group) is 1. The molecule has 98 valence electrons. The first kappa shape index (κ1) is 16.1. The molecule has 0 bridgehead atoms. The third-order valence-electron chi connectivity index (χ3n) is 2.52. The number of quaternary nitrogens is 1. The number of ether oxygens (including phenoxy) is 2. The molecule has 0 saturated heterocycles. The van der Waals surface area contributed by atoms with Crippen molar-refractivity contribution >= 4 is 12.4 Å². The minimum Gasteiger partial charge on any atom is -0.493 e. The average molecular weight is 261 g/mol. The Bertz CT molecular complexity index is 348. The second-order valence-electron chi connectivity index (χ2n) is 4.95. The fraction of sp³-hybridized carbons (Fsp3) is 0.538. The van der Waals surface area contributed by atoms with Crippen molar-refractivity contribution in [2.45, 2.75) is 6.42 Å². The topological polar surface area (TPSA) is 18.5 Å². The zero-order chi connectivity index (χ0) is 12.2. The number of nitrogens with zero attached hydrogens (tertiary/aromatic N) is 1. The molecule has 17 heavy (non-hydrogen) atoms. The van der Waals surface area contributed by atoms with Crippen LogP contribution >= 0.6 is 12.4 Å². The first-order valence-corrected chi connectivity index (χ1v) is 5.47. The molecule has 0 heterocycles. The monoisotopic (exact) mass is 260 g/mol. The molecule has 0 aliphatic rings. The van der Waals surface area contributed by atoms with Crippen molar-refractivity contribution in [3.05, 3.63) is 23.8 Å². The summed E-state index contributed by atoms with van der Waals surface area (Å²) in [5.41, 5.74) is 1.28. The summed E-state index contributed by atoms with van der Waals surface area (Å²) < 4.78 is 11.5. The van der Waals surface area contributed by atoms with Gasteiger partial charge in [0, 0.05) is 6.42 Å². The summed E-state index contributed by atoms with van der Waals surface area (Å²) in [6.07, 6.45) is 1.05. The van der Waals surface area contributed by atoms with E-state index in [-0.39, 0.29) is 12.4 Å². The quantitative estimate of drug-likeness (QED) is 0.757. The number of hydrogen-bond acceptors (Lipinski definition) is 2. The van der Waals surface area contributed by atoms with Gasteiger partial charge in [0.25, 0.3) is 0 Å². The van der Waals surface area contributed by atoms with Crippen LogP contribution in [0.25, 0.3) is 0 Å². The molecule has 0 fully saturated rings. The lowest BCUT2D eigenvalue weighted by Crippen LogP contribution is -2.36. The van der Waals surface area contributed by atoms with Gasteiger partial charge in [-0.15, -0.1) is 12.4 Å². The number of halogens is 1. The largest absolute Gasteiger partial charge is 0.493 e. The highest BCUT2D eigenvalue weighted by atomic mass is 35.5. The van der Waals surface area contributed by atoms with Crippen LogP contribution in [0.5, 0.6) is 11.5 Å². The van der Waals surface area contributed by atoms with Gasteiger partial charge >= 0.3 is 0 Å². The van der Waals surface area contributed by atoms with Crippen molar-refractivity contribution in [3.63, 3.8) is 0 Å². The van der Waals surface area contributed by atoms with Crippen molar-refractivity contribution in [2.24, 2.45) is 0 Å². The van der Waals surface area contributed by atoms with E-state index < -0.39 is 0 Å². The average Bonchev–Trinajstić information content (AvgIpc) is 2.25. The summed E-state index contributed by atoms with van der Waals surface area (Å²) in [6, 6.07) is 6.11. The molecular formula is C13H23ClNO2+. The molecular weight excluding hydrogens is 238 g/mol. The third-order valence-corrected chi connectivity index (χ3v) is 2.52. The molecule has 0 radical (unpaired) electrons. The predicted octanol–water partition coefficient (Wildman–Crippen LogP) is 2.37. The minimum absolute atomic E-state index is 0. The molecule has 0 aliphatic carbocycles. The fourth-order valence-corrected chi connectivity index (χ4v) is 1.50. The van der Waals surface area contributed by atoms with Crippen LogP contribution < -0.4 is 9.47 Å². The Labute approximate surface area is 110 Å². The maximum atomic E-state index is 5.28. The van der Waals surface area contributed by atoms with Gasteiger partial charge in [-0.3, -0.25) is 0 Å². The van der Waals surface area contributed by atoms with Crippen LogP contribution in [0.15, 0.2) is 18.2 Å². The third kappa shape index (κ3) is 5.29. The molecule has 0 amide bonds. The maximum absolute atomic E-state index is 5.28. The summed E-state index contributed by atoms with van der Waals surface area (Å²) >= 11 is 0. The summed E-state index contributed by atoms with van der Waals surface area (Å²) in [4.78, 5) is 0. The predicted molar refractivity (Wildman–Crippen MR) is 73.4 cm³/mol. The number of benzene rings is 1. The van der Waals surface area contributed by atoms with Gasteiger partial charge in [-0.2, -0.15) is 0 Å². The first-order valence-electron chi connectivity index (χ1n) is 5.47. The molecule has 1 aromatic carbocycles. The van der Waals surface area contributed by atoms with Gasteiger partial charge in [0.1, 0.15) is 0 Å². The molecule has 0 aliphatic heterocycles. The second kappa shape index (κ2) is 6.72. The summed E-state index contributed by atoms with van der Waals surface area (Å²) in [6.45, 7) is 1.11. The molecule has 0 atom stereocenters. The van der Waals surface area contributed by atoms with Gasteiger partial charge < -0.3 is 14.0 Å². The van der Waals surface area contributed by atoms with E-state index in [1.54, 1.807) is 14.2 Å². The van der Waals surface area contributed by atoms with Crippen molar-refractivity contribution in [1.29, 1.82) is 0 Å². The van der Waals surface area contributed by atoms with Gasteiger partial charge in [0.15, 0.2) is 11.5 Å². The Morgan fingerprint density at radius 2 is 1.59 bits per heavy atom. The Morgan fingerprint density at radius 3 is 2.06 bits per heavy atom. The van der Waals surface area contributed by atoms with Crippen molar-refractivity contribution in [3.8, 4) is 11.5 Å². The van der Waals surface area contributed by atoms with E-state index in [9.17, 15) is 0 Å². The van der Waals surface area contributed by atoms with Crippen molar-refractivity contribution in [1.82, 2.24) is 0 Å². The van der Waals surface area contributed by atoms with E-state index in [1.165, 1.54) is 5.56 Å². The van der Waals surface area contributed by atoms with Crippen LogP contribution in [0.3, 0.4) is 0 Å². The molecule has 0 aromatic heterocycles. The molecule has 0 N–H and O–H groups in total. The first-order chi connectivity index (χ1) is 7.46. The Kier molecular flexibility index (Phi) is 6.35. The SMILES string of the molecule is COc1ccc(CC[N+](C)(C)C)cc1OC.Cl. The number of hydrogen-bond donors (Lipinski definition) is 0. The summed E-state index contributed by atoms with van der Waals surface area (Å²) in [7, 11) is 9.91. The Morgan fingerprint density at radius 1 is 1.00 bits per heavy atom. The van der Waals surface area contributed by atoms with Crippen LogP contribution in [-0.4, -0.2) is 46.4 Å². The molecule has 4 heteroatoms. The molecule has 0 unspecified atom stereocenters. The molecule has 3 nitrogen and oxygen atoms in total. The molecule has 1 rings (SSSR count). The number of rotatable bonds is 5. The lowest BCUT2D eigenvalue weighted by molar-refractivity contribution is -0.870. The van der Waals surface area contributed by atoms with Crippen LogP contribution in [0.4, 0.5) is 0 Å². The minimum atomic E-state index is 0. The van der Waals surface area contributed by atoms with Gasteiger partial charge in [-0.25, -0.2) is 0 Å². The van der Waals surface area contributed by atoms with Crippen LogP contribution in [0.1, 0.15) is 5.56 Å². The standard InChI is InChI=1S/C13H22NO2.ClH/c1-14(2,3)9-8-11-6-7-12(15-4)13(10-11)16-5;/h6-7,10H,8-9H2,1-5H3;1H/q+1;. The van der Waals surface area contributed by atoms with Gasteiger partial charge in [0.2, 0.25) is 0 Å². The van der Waals surface area contributed by atoms with E-state index in [0.29, 0.717) is 0 Å². The summed E-state index contributed by atoms with van der Waals surface area (Å²) in [5.74, 6) is 1.60. The second-order valence-corrected chi connectivity index (χ2v) is 4.95. The summed E-state index contributed by atoms with van der Waals surface area (Å²) in [5, 5.41) is 0. The van der Waals surface area contributed by atoms with Crippen LogP contribution in [0, 0.1) is 0 Å². The molecule has 0 saturated carbocycles. The van der Waals surface area contributed by atoms with E-state index in [4.69, 9.17) is 9.47 Å². The fourth-order valence-electron chi connectivity index (χ4n) is 1.50. The van der Waals surface area contributed by atoms with E-state index in [1.807, 2.05) is 6.07 Å². The Hall–Kier alpha value is -0.930. The smallest absolute Gasteiger partial charge is 0.160 e. The van der Waals surface area contributed by atoms with E-state index in [2.05, 4.69) is 33.3 Å². The van der Waals surface area contributed by atoms with Crippen LogP contribution in [0.2, 0.25) is 0 Å². The molecule has 0 spiro atoms. The van der Waals surface area contributed by atoms with Crippen LogP contribution in [-0.2, 0) is 6.42 Å². The number of methoxy groups -OCH3 is 2. The highest BCUT2D eigenvalue weighted by molar-refractivity contribution is 5.85.